The lowest BCUT2D eigenvalue weighted by Gasteiger charge is -1.89. The molecule has 2 N–H and O–H groups in total. The Bertz CT molecular complexity index is 559. The molecule has 2 aromatic rings. The molecule has 0 saturated carbocycles. The van der Waals surface area contributed by atoms with Crippen molar-refractivity contribution in [3.05, 3.63) is 59.7 Å². The van der Waals surface area contributed by atoms with E-state index in [1.807, 2.05) is 12.1 Å². The van der Waals surface area contributed by atoms with Gasteiger partial charge in [0, 0.05) is 6.07 Å². The maximum absolute atomic E-state index is 8.65. The van der Waals surface area contributed by atoms with Gasteiger partial charge in [-0.05, 0) is 24.3 Å². The Morgan fingerprint density at radius 2 is 1.17 bits per heavy atom. The number of rotatable bonds is 0. The molecule has 0 bridgehead atoms. The molecule has 18 heavy (non-hydrogen) atoms. The second-order valence-electron chi connectivity index (χ2n) is 3.29. The third-order valence-corrected chi connectivity index (χ3v) is 2.00. The van der Waals surface area contributed by atoms with E-state index in [1.165, 1.54) is 18.2 Å². The smallest absolute Gasteiger partial charge is 0.119 e. The minimum Gasteiger partial charge on any atom is -0.508 e. The van der Waals surface area contributed by atoms with Crippen LogP contribution >= 0.6 is 0 Å². The normalized spacial score (nSPS) is 8.33. The number of hydrogen-bond acceptors (Lipinski definition) is 4. The first kappa shape index (κ1) is 13.1. The average Bonchev–Trinajstić information content (AvgIpc) is 2.39. The van der Waals surface area contributed by atoms with Gasteiger partial charge in [-0.25, -0.2) is 0 Å². The van der Waals surface area contributed by atoms with Crippen molar-refractivity contribution in [3.63, 3.8) is 0 Å². The van der Waals surface area contributed by atoms with Crippen molar-refractivity contribution in [2.75, 3.05) is 0 Å². The summed E-state index contributed by atoms with van der Waals surface area (Å²) in [4.78, 5) is 0. The van der Waals surface area contributed by atoms with Crippen LogP contribution in [0.4, 0.5) is 0 Å². The quantitative estimate of drug-likeness (QED) is 0.738. The van der Waals surface area contributed by atoms with Crippen molar-refractivity contribution >= 4 is 0 Å². The van der Waals surface area contributed by atoms with Crippen molar-refractivity contribution in [1.82, 2.24) is 0 Å². The number of phenols is 2. The van der Waals surface area contributed by atoms with Crippen LogP contribution < -0.4 is 0 Å². The van der Waals surface area contributed by atoms with Gasteiger partial charge in [0.25, 0.3) is 0 Å². The summed E-state index contributed by atoms with van der Waals surface area (Å²) in [6, 6.07) is 16.4. The third kappa shape index (κ3) is 3.88. The number of nitrogens with zero attached hydrogens (tertiary/aromatic N) is 2. The van der Waals surface area contributed by atoms with Gasteiger partial charge in [-0.1, -0.05) is 18.2 Å². The van der Waals surface area contributed by atoms with Crippen LogP contribution in [0.15, 0.2) is 48.5 Å². The summed E-state index contributed by atoms with van der Waals surface area (Å²) in [5.41, 5.74) is 0.870. The number of hydrogen-bond donors (Lipinski definition) is 2. The first-order valence-corrected chi connectivity index (χ1v) is 5.04. The van der Waals surface area contributed by atoms with Crippen molar-refractivity contribution in [3.8, 4) is 23.6 Å². The summed E-state index contributed by atoms with van der Waals surface area (Å²) < 4.78 is 0. The number of aromatic hydroxyl groups is 2. The van der Waals surface area contributed by atoms with Gasteiger partial charge in [0.1, 0.15) is 23.6 Å². The molecular weight excluding hydrogens is 228 g/mol. The molecular formula is C14H10N2O2. The molecule has 0 fully saturated rings. The lowest BCUT2D eigenvalue weighted by molar-refractivity contribution is 0.450. The highest BCUT2D eigenvalue weighted by Gasteiger charge is 1.95. The van der Waals surface area contributed by atoms with Crippen molar-refractivity contribution < 1.29 is 10.2 Å². The molecule has 0 saturated heterocycles. The van der Waals surface area contributed by atoms with Crippen LogP contribution in [0.2, 0.25) is 0 Å². The van der Waals surface area contributed by atoms with E-state index in [-0.39, 0.29) is 11.5 Å². The first-order valence-electron chi connectivity index (χ1n) is 5.04. The van der Waals surface area contributed by atoms with Crippen LogP contribution in [0.5, 0.6) is 11.5 Å². The Labute approximate surface area is 105 Å². The van der Waals surface area contributed by atoms with E-state index < -0.39 is 0 Å². The summed E-state index contributed by atoms with van der Waals surface area (Å²) in [6.07, 6.45) is 0. The van der Waals surface area contributed by atoms with Crippen LogP contribution in [0.25, 0.3) is 0 Å². The lowest BCUT2D eigenvalue weighted by atomic mass is 10.1. The zero-order valence-electron chi connectivity index (χ0n) is 9.41. The van der Waals surface area contributed by atoms with Gasteiger partial charge in [0.15, 0.2) is 0 Å². The number of benzene rings is 2. The fourth-order valence-corrected chi connectivity index (χ4v) is 1.17. The summed E-state index contributed by atoms with van der Waals surface area (Å²) in [7, 11) is 0. The van der Waals surface area contributed by atoms with Gasteiger partial charge < -0.3 is 10.2 Å². The van der Waals surface area contributed by atoms with E-state index in [0.29, 0.717) is 11.1 Å². The monoisotopic (exact) mass is 238 g/mol. The minimum absolute atomic E-state index is 0.0880. The predicted molar refractivity (Wildman–Crippen MR) is 65.6 cm³/mol. The van der Waals surface area contributed by atoms with Gasteiger partial charge in [0.05, 0.1) is 11.1 Å². The zero-order chi connectivity index (χ0) is 13.4. The van der Waals surface area contributed by atoms with Gasteiger partial charge in [-0.15, -0.1) is 0 Å². The largest absolute Gasteiger partial charge is 0.508 e. The maximum atomic E-state index is 8.65. The van der Waals surface area contributed by atoms with E-state index in [4.69, 9.17) is 20.7 Å². The Kier molecular flexibility index (Phi) is 4.78. The molecule has 88 valence electrons. The first-order chi connectivity index (χ1) is 8.67. The molecule has 0 unspecified atom stereocenters. The van der Waals surface area contributed by atoms with E-state index in [9.17, 15) is 0 Å². The molecule has 0 radical (unpaired) electrons. The van der Waals surface area contributed by atoms with E-state index in [0.717, 1.165) is 0 Å². The van der Waals surface area contributed by atoms with Crippen LogP contribution in [-0.2, 0) is 0 Å². The van der Waals surface area contributed by atoms with Crippen LogP contribution in [0.1, 0.15) is 11.1 Å². The Morgan fingerprint density at radius 1 is 0.722 bits per heavy atom. The fourth-order valence-electron chi connectivity index (χ4n) is 1.17. The van der Waals surface area contributed by atoms with Gasteiger partial charge in [-0.2, -0.15) is 10.5 Å². The highest BCUT2D eigenvalue weighted by atomic mass is 16.3. The second-order valence-corrected chi connectivity index (χ2v) is 3.29. The highest BCUT2D eigenvalue weighted by Crippen LogP contribution is 2.14. The Balaban J connectivity index is 0.000000184. The summed E-state index contributed by atoms with van der Waals surface area (Å²) in [5.74, 6) is 0.176. The predicted octanol–water partition coefficient (Wildman–Crippen LogP) is 2.53. The van der Waals surface area contributed by atoms with Crippen LogP contribution in [-0.4, -0.2) is 10.2 Å². The van der Waals surface area contributed by atoms with Crippen LogP contribution in [0.3, 0.4) is 0 Å². The molecule has 0 aliphatic rings. The van der Waals surface area contributed by atoms with Crippen LogP contribution in [0, 0.1) is 22.7 Å². The SMILES string of the molecule is N#Cc1ccccc1C#N.Oc1cccc(O)c1. The Hall–Kier alpha value is -2.98. The summed E-state index contributed by atoms with van der Waals surface area (Å²) >= 11 is 0. The third-order valence-electron chi connectivity index (χ3n) is 2.00. The zero-order valence-corrected chi connectivity index (χ0v) is 9.41. The summed E-state index contributed by atoms with van der Waals surface area (Å²) in [5, 5.41) is 34.2. The Morgan fingerprint density at radius 3 is 1.44 bits per heavy atom. The van der Waals surface area contributed by atoms with E-state index >= 15 is 0 Å². The molecule has 0 amide bonds. The number of nitriles is 2. The topological polar surface area (TPSA) is 88.0 Å². The van der Waals surface area contributed by atoms with Gasteiger partial charge in [-0.3, -0.25) is 0 Å². The molecule has 4 nitrogen and oxygen atoms in total. The summed E-state index contributed by atoms with van der Waals surface area (Å²) in [6.45, 7) is 0. The lowest BCUT2D eigenvalue weighted by Crippen LogP contribution is -1.79. The molecule has 0 heterocycles. The van der Waals surface area contributed by atoms with Crippen molar-refractivity contribution in [1.29, 1.82) is 10.5 Å². The second kappa shape index (κ2) is 6.57. The molecule has 2 rings (SSSR count). The molecule has 2 aromatic carbocycles. The number of phenolic OH excluding ortho intramolecular Hbond substituents is 2. The fraction of sp³-hybridized carbons (Fsp3) is 0. The van der Waals surface area contributed by atoms with Gasteiger partial charge in [0.2, 0.25) is 0 Å². The standard InChI is InChI=1S/C8H4N2.C6H6O2/c9-5-7-3-1-2-4-8(7)6-10;7-5-2-1-3-6(8)4-5/h1-4H;1-4,7-8H. The molecule has 4 heteroatoms. The average molecular weight is 238 g/mol. The van der Waals surface area contributed by atoms with E-state index in [1.54, 1.807) is 30.3 Å². The maximum Gasteiger partial charge on any atom is 0.119 e. The molecule has 0 aliphatic heterocycles. The molecule has 0 spiro atoms. The van der Waals surface area contributed by atoms with Gasteiger partial charge >= 0.3 is 0 Å². The highest BCUT2D eigenvalue weighted by molar-refractivity contribution is 5.44. The molecule has 0 aromatic heterocycles. The van der Waals surface area contributed by atoms with Crippen molar-refractivity contribution in [2.45, 2.75) is 0 Å². The minimum atomic E-state index is 0.0880. The molecule has 0 aliphatic carbocycles. The molecule has 0 atom stereocenters. The van der Waals surface area contributed by atoms with Crippen molar-refractivity contribution in [2.24, 2.45) is 0 Å². The van der Waals surface area contributed by atoms with E-state index in [2.05, 4.69) is 0 Å².